The van der Waals surface area contributed by atoms with Crippen molar-refractivity contribution in [2.75, 3.05) is 26.4 Å². The van der Waals surface area contributed by atoms with Crippen LogP contribution in [0.2, 0.25) is 0 Å². The fraction of sp³-hybridized carbons (Fsp3) is 0.216. The van der Waals surface area contributed by atoms with E-state index in [4.69, 9.17) is 28.4 Å². The predicted molar refractivity (Wildman–Crippen MR) is 175 cm³/mol. The molecule has 0 atom stereocenters. The fourth-order valence-corrected chi connectivity index (χ4v) is 4.27. The summed E-state index contributed by atoms with van der Waals surface area (Å²) in [7, 11) is 0. The molecule has 0 unspecified atom stereocenters. The summed E-state index contributed by atoms with van der Waals surface area (Å²) in [5.41, 5.74) is 3.79. The molecule has 7 heteroatoms. The molecular weight excluding hydrogens is 556 g/mol. The summed E-state index contributed by atoms with van der Waals surface area (Å²) < 4.78 is 33.3. The lowest BCUT2D eigenvalue weighted by Crippen LogP contribution is -2.13. The van der Waals surface area contributed by atoms with Crippen molar-refractivity contribution in [3.63, 3.8) is 0 Å². The van der Waals surface area contributed by atoms with Crippen molar-refractivity contribution < 1.29 is 33.2 Å². The number of carbonyl (C=O) groups is 1. The first-order valence-electron chi connectivity index (χ1n) is 14.7. The Morgan fingerprint density at radius 1 is 0.432 bits per heavy atom. The molecule has 0 saturated heterocycles. The Balaban J connectivity index is 1.32. The first-order valence-corrected chi connectivity index (χ1v) is 14.7. The van der Waals surface area contributed by atoms with Crippen molar-refractivity contribution in [3.8, 4) is 34.5 Å². The third-order valence-corrected chi connectivity index (χ3v) is 6.15. The number of rotatable bonds is 14. The highest BCUT2D eigenvalue weighted by molar-refractivity contribution is 5.73. The second-order valence-electron chi connectivity index (χ2n) is 9.47. The molecule has 0 aromatic heterocycles. The standard InChI is InChI=1S/C37H38O7/c1-5-39-33-21-29(22-34(25-33)40-6-2)11-9-27-13-17-31(18-14-27)43-37(38)44-32-19-15-28(16-20-32)10-12-30-23-35(41-7-3)26-36(24-30)42-8-4/h9-26H,5-8H2,1-4H3. The zero-order chi connectivity index (χ0) is 31.1. The second kappa shape index (κ2) is 16.5. The molecule has 0 N–H and O–H groups in total. The SMILES string of the molecule is CCOc1cc(C=Cc2ccc(OC(=O)Oc3ccc(C=Cc4cc(OCC)cc(OCC)c4)cc3)cc2)cc(OCC)c1. The summed E-state index contributed by atoms with van der Waals surface area (Å²) in [4.78, 5) is 12.4. The topological polar surface area (TPSA) is 72.5 Å². The molecule has 0 saturated carbocycles. The minimum atomic E-state index is -0.816. The quantitative estimate of drug-likeness (QED) is 0.0819. The van der Waals surface area contributed by atoms with E-state index in [1.165, 1.54) is 0 Å². The number of carbonyl (C=O) groups excluding carboxylic acids is 1. The summed E-state index contributed by atoms with van der Waals surface area (Å²) >= 11 is 0. The average molecular weight is 595 g/mol. The predicted octanol–water partition coefficient (Wildman–Crippen LogP) is 9.20. The highest BCUT2D eigenvalue weighted by Crippen LogP contribution is 2.26. The van der Waals surface area contributed by atoms with E-state index in [1.54, 1.807) is 24.3 Å². The van der Waals surface area contributed by atoms with Gasteiger partial charge in [-0.15, -0.1) is 0 Å². The van der Waals surface area contributed by atoms with Crippen LogP contribution in [0.5, 0.6) is 34.5 Å². The third kappa shape index (κ3) is 9.98. The van der Waals surface area contributed by atoms with E-state index in [9.17, 15) is 4.79 Å². The minimum absolute atomic E-state index is 0.379. The van der Waals surface area contributed by atoms with Crippen LogP contribution >= 0.6 is 0 Å². The monoisotopic (exact) mass is 594 g/mol. The number of hydrogen-bond acceptors (Lipinski definition) is 7. The highest BCUT2D eigenvalue weighted by atomic mass is 16.7. The molecule has 0 bridgehead atoms. The minimum Gasteiger partial charge on any atom is -0.494 e. The van der Waals surface area contributed by atoms with E-state index in [2.05, 4.69) is 0 Å². The van der Waals surface area contributed by atoms with Crippen LogP contribution in [0.15, 0.2) is 84.9 Å². The lowest BCUT2D eigenvalue weighted by atomic mass is 10.1. The van der Waals surface area contributed by atoms with Gasteiger partial charge in [-0.25, -0.2) is 4.79 Å². The molecule has 0 heterocycles. The van der Waals surface area contributed by atoms with E-state index in [0.29, 0.717) is 37.9 Å². The maximum atomic E-state index is 12.4. The van der Waals surface area contributed by atoms with E-state index in [0.717, 1.165) is 45.3 Å². The Kier molecular flexibility index (Phi) is 11.9. The summed E-state index contributed by atoms with van der Waals surface area (Å²) in [6.07, 6.45) is 7.07. The van der Waals surface area contributed by atoms with Gasteiger partial charge in [-0.05, 0) is 98.5 Å². The lowest BCUT2D eigenvalue weighted by Gasteiger charge is -2.09. The van der Waals surface area contributed by atoms with Gasteiger partial charge in [-0.1, -0.05) is 48.6 Å². The maximum absolute atomic E-state index is 12.4. The molecule has 0 fully saturated rings. The van der Waals surface area contributed by atoms with Gasteiger partial charge in [-0.3, -0.25) is 0 Å². The Morgan fingerprint density at radius 3 is 1.02 bits per heavy atom. The van der Waals surface area contributed by atoms with Crippen molar-refractivity contribution in [1.82, 2.24) is 0 Å². The third-order valence-electron chi connectivity index (χ3n) is 6.15. The van der Waals surface area contributed by atoms with Gasteiger partial charge in [0.15, 0.2) is 0 Å². The van der Waals surface area contributed by atoms with Crippen molar-refractivity contribution >= 4 is 30.5 Å². The fourth-order valence-electron chi connectivity index (χ4n) is 4.27. The van der Waals surface area contributed by atoms with Gasteiger partial charge in [0.25, 0.3) is 0 Å². The van der Waals surface area contributed by atoms with Gasteiger partial charge < -0.3 is 28.4 Å². The highest BCUT2D eigenvalue weighted by Gasteiger charge is 2.08. The van der Waals surface area contributed by atoms with Crippen LogP contribution in [0.3, 0.4) is 0 Å². The molecule has 0 spiro atoms. The zero-order valence-electron chi connectivity index (χ0n) is 25.6. The van der Waals surface area contributed by atoms with Crippen molar-refractivity contribution in [1.29, 1.82) is 0 Å². The zero-order valence-corrected chi connectivity index (χ0v) is 25.6. The van der Waals surface area contributed by atoms with Gasteiger partial charge in [0, 0.05) is 12.1 Å². The van der Waals surface area contributed by atoms with Gasteiger partial charge in [0.05, 0.1) is 26.4 Å². The van der Waals surface area contributed by atoms with E-state index in [-0.39, 0.29) is 0 Å². The Labute approximate surface area is 259 Å². The Bertz CT molecular complexity index is 1390. The molecule has 4 rings (SSSR count). The van der Waals surface area contributed by atoms with Crippen molar-refractivity contribution in [3.05, 3.63) is 107 Å². The molecule has 0 aliphatic rings. The molecular formula is C37H38O7. The lowest BCUT2D eigenvalue weighted by molar-refractivity contribution is 0.152. The molecule has 0 aliphatic heterocycles. The Morgan fingerprint density at radius 2 is 0.727 bits per heavy atom. The molecule has 228 valence electrons. The van der Waals surface area contributed by atoms with Crippen molar-refractivity contribution in [2.45, 2.75) is 27.7 Å². The van der Waals surface area contributed by atoms with Crippen LogP contribution in [-0.4, -0.2) is 32.6 Å². The normalized spacial score (nSPS) is 11.0. The molecule has 4 aromatic carbocycles. The number of hydrogen-bond donors (Lipinski definition) is 0. The first kappa shape index (κ1) is 31.8. The Hall–Kier alpha value is -5.17. The molecule has 0 amide bonds. The summed E-state index contributed by atoms with van der Waals surface area (Å²) in [5, 5.41) is 0. The van der Waals surface area contributed by atoms with Gasteiger partial charge in [0.1, 0.15) is 34.5 Å². The maximum Gasteiger partial charge on any atom is 0.519 e. The van der Waals surface area contributed by atoms with Crippen LogP contribution in [0, 0.1) is 0 Å². The summed E-state index contributed by atoms with van der Waals surface area (Å²) in [6.45, 7) is 10.1. The van der Waals surface area contributed by atoms with Crippen molar-refractivity contribution in [2.24, 2.45) is 0 Å². The molecule has 0 radical (unpaired) electrons. The molecule has 7 nitrogen and oxygen atoms in total. The van der Waals surface area contributed by atoms with E-state index < -0.39 is 6.16 Å². The summed E-state index contributed by atoms with van der Waals surface area (Å²) in [6, 6.07) is 25.9. The van der Waals surface area contributed by atoms with Crippen LogP contribution in [0.1, 0.15) is 49.9 Å². The first-order chi connectivity index (χ1) is 21.5. The van der Waals surface area contributed by atoms with E-state index in [1.807, 2.05) is 113 Å². The number of benzene rings is 4. The largest absolute Gasteiger partial charge is 0.519 e. The van der Waals surface area contributed by atoms with Gasteiger partial charge >= 0.3 is 6.16 Å². The van der Waals surface area contributed by atoms with E-state index >= 15 is 0 Å². The van der Waals surface area contributed by atoms with Crippen LogP contribution in [0.25, 0.3) is 24.3 Å². The van der Waals surface area contributed by atoms with Crippen LogP contribution in [-0.2, 0) is 0 Å². The average Bonchev–Trinajstić information content (AvgIpc) is 3.01. The second-order valence-corrected chi connectivity index (χ2v) is 9.47. The summed E-state index contributed by atoms with van der Waals surface area (Å²) in [5.74, 6) is 3.78. The van der Waals surface area contributed by atoms with Gasteiger partial charge in [0.2, 0.25) is 0 Å². The van der Waals surface area contributed by atoms with Gasteiger partial charge in [-0.2, -0.15) is 0 Å². The molecule has 44 heavy (non-hydrogen) atoms. The smallest absolute Gasteiger partial charge is 0.494 e. The van der Waals surface area contributed by atoms with Crippen LogP contribution in [0.4, 0.5) is 4.79 Å². The number of ether oxygens (including phenoxy) is 6. The molecule has 4 aromatic rings. The molecule has 0 aliphatic carbocycles. The van der Waals surface area contributed by atoms with Crippen LogP contribution < -0.4 is 28.4 Å².